The first-order valence-corrected chi connectivity index (χ1v) is 8.96. The van der Waals surface area contributed by atoms with Gasteiger partial charge < -0.3 is 9.32 Å². The Morgan fingerprint density at radius 2 is 1.92 bits per heavy atom. The minimum atomic E-state index is -0.237. The molecule has 1 amide bonds. The number of benzene rings is 1. The number of halogens is 1. The second-order valence-electron chi connectivity index (χ2n) is 7.17. The molecule has 0 radical (unpaired) electrons. The zero-order valence-corrected chi connectivity index (χ0v) is 14.2. The lowest BCUT2D eigenvalue weighted by atomic mass is 9.83. The predicted octanol–water partition coefficient (Wildman–Crippen LogP) is 3.43. The Labute approximate surface area is 147 Å². The van der Waals surface area contributed by atoms with Crippen molar-refractivity contribution in [3.8, 4) is 0 Å². The van der Waals surface area contributed by atoms with Gasteiger partial charge in [0.1, 0.15) is 5.82 Å². The van der Waals surface area contributed by atoms with E-state index in [0.717, 1.165) is 38.0 Å². The Hall–Kier alpha value is -2.14. The average molecular weight is 342 g/mol. The van der Waals surface area contributed by atoms with E-state index in [9.17, 15) is 9.18 Å². The van der Waals surface area contributed by atoms with E-state index < -0.39 is 0 Å². The van der Waals surface area contributed by atoms with Gasteiger partial charge in [0.25, 0.3) is 0 Å². The Bertz CT molecular complexity index is 714. The third kappa shape index (κ3) is 3.61. The molecular formula is C20H23FN2O2. The first kappa shape index (κ1) is 16.3. The molecule has 132 valence electrons. The van der Waals surface area contributed by atoms with Crippen molar-refractivity contribution < 1.29 is 13.6 Å². The number of nitrogens with zero attached hydrogens (tertiary/aromatic N) is 2. The van der Waals surface area contributed by atoms with Crippen LogP contribution in [0.1, 0.15) is 30.4 Å². The Morgan fingerprint density at radius 1 is 1.08 bits per heavy atom. The van der Waals surface area contributed by atoms with Crippen LogP contribution < -0.4 is 0 Å². The Kier molecular flexibility index (Phi) is 4.57. The summed E-state index contributed by atoms with van der Waals surface area (Å²) in [6.45, 7) is 3.50. The number of carbonyl (C=O) groups is 1. The standard InChI is InChI=1S/C20H23FN2O2/c21-18-4-1-15(2-5-18)12-23-19-7-9-22(11-16-8-10-25-14-16)13-17(19)3-6-20(23)24/h1-2,4-5,8,10,14,17,19H,3,6-7,9,11-13H2/t17-,19+/m1/s1. The van der Waals surface area contributed by atoms with Gasteiger partial charge in [0.05, 0.1) is 12.5 Å². The van der Waals surface area contributed by atoms with Gasteiger partial charge in [-0.25, -0.2) is 4.39 Å². The molecule has 2 aromatic rings. The van der Waals surface area contributed by atoms with E-state index in [0.29, 0.717) is 24.9 Å². The van der Waals surface area contributed by atoms with Gasteiger partial charge in [-0.1, -0.05) is 12.1 Å². The van der Waals surface area contributed by atoms with Crippen molar-refractivity contribution in [2.24, 2.45) is 5.92 Å². The van der Waals surface area contributed by atoms with Crippen LogP contribution in [0.2, 0.25) is 0 Å². The van der Waals surface area contributed by atoms with Crippen LogP contribution in [-0.4, -0.2) is 34.8 Å². The van der Waals surface area contributed by atoms with Gasteiger partial charge >= 0.3 is 0 Å². The van der Waals surface area contributed by atoms with Crippen LogP contribution in [0.25, 0.3) is 0 Å². The molecule has 2 aliphatic rings. The summed E-state index contributed by atoms with van der Waals surface area (Å²) in [5.74, 6) is 0.506. The van der Waals surface area contributed by atoms with E-state index in [1.807, 2.05) is 11.0 Å². The SMILES string of the molecule is O=C1CC[C@@H]2CN(Cc3ccoc3)CC[C@@H]2N1Cc1ccc(F)cc1. The molecule has 1 aromatic heterocycles. The molecule has 0 spiro atoms. The van der Waals surface area contributed by atoms with Crippen molar-refractivity contribution in [2.45, 2.75) is 38.4 Å². The van der Waals surface area contributed by atoms with E-state index in [4.69, 9.17) is 4.42 Å². The number of hydrogen-bond acceptors (Lipinski definition) is 3. The average Bonchev–Trinajstić information content (AvgIpc) is 3.12. The summed E-state index contributed by atoms with van der Waals surface area (Å²) in [6.07, 6.45) is 6.09. The Morgan fingerprint density at radius 3 is 2.68 bits per heavy atom. The number of fused-ring (bicyclic) bond motifs is 1. The number of likely N-dealkylation sites (tertiary alicyclic amines) is 2. The second kappa shape index (κ2) is 7.00. The third-order valence-corrected chi connectivity index (χ3v) is 5.48. The normalized spacial score (nSPS) is 24.4. The summed E-state index contributed by atoms with van der Waals surface area (Å²) in [6, 6.07) is 8.80. The summed E-state index contributed by atoms with van der Waals surface area (Å²) < 4.78 is 18.3. The fourth-order valence-corrected chi connectivity index (χ4v) is 4.20. The Balaban J connectivity index is 1.43. The monoisotopic (exact) mass is 342 g/mol. The zero-order valence-electron chi connectivity index (χ0n) is 14.2. The highest BCUT2D eigenvalue weighted by atomic mass is 19.1. The number of carbonyl (C=O) groups excluding carboxylic acids is 1. The quantitative estimate of drug-likeness (QED) is 0.854. The second-order valence-corrected chi connectivity index (χ2v) is 7.17. The van der Waals surface area contributed by atoms with Crippen LogP contribution in [0, 0.1) is 11.7 Å². The molecule has 2 fully saturated rings. The van der Waals surface area contributed by atoms with Gasteiger partial charge in [-0.2, -0.15) is 0 Å². The first-order valence-electron chi connectivity index (χ1n) is 8.96. The van der Waals surface area contributed by atoms with Crippen molar-refractivity contribution in [1.29, 1.82) is 0 Å². The largest absolute Gasteiger partial charge is 0.472 e. The molecule has 25 heavy (non-hydrogen) atoms. The van der Waals surface area contributed by atoms with E-state index in [1.54, 1.807) is 24.7 Å². The molecule has 0 bridgehead atoms. The molecule has 5 heteroatoms. The van der Waals surface area contributed by atoms with Crippen molar-refractivity contribution in [3.05, 3.63) is 59.8 Å². The molecule has 0 unspecified atom stereocenters. The van der Waals surface area contributed by atoms with Crippen LogP contribution in [-0.2, 0) is 17.9 Å². The van der Waals surface area contributed by atoms with Crippen LogP contribution >= 0.6 is 0 Å². The highest BCUT2D eigenvalue weighted by Gasteiger charge is 2.39. The molecule has 0 N–H and O–H groups in total. The number of furan rings is 1. The first-order chi connectivity index (χ1) is 12.2. The van der Waals surface area contributed by atoms with Crippen LogP contribution in [0.5, 0.6) is 0 Å². The van der Waals surface area contributed by atoms with Gasteiger partial charge in [-0.05, 0) is 42.5 Å². The van der Waals surface area contributed by atoms with Gasteiger partial charge in [0, 0.05) is 44.2 Å². The molecule has 2 aliphatic heterocycles. The number of rotatable bonds is 4. The molecule has 0 saturated carbocycles. The van der Waals surface area contributed by atoms with Crippen molar-refractivity contribution in [2.75, 3.05) is 13.1 Å². The van der Waals surface area contributed by atoms with Gasteiger partial charge in [0.2, 0.25) is 5.91 Å². The minimum absolute atomic E-state index is 0.230. The van der Waals surface area contributed by atoms with Crippen molar-refractivity contribution in [3.63, 3.8) is 0 Å². The zero-order chi connectivity index (χ0) is 17.2. The lowest BCUT2D eigenvalue weighted by Crippen LogP contribution is -2.55. The summed E-state index contributed by atoms with van der Waals surface area (Å²) >= 11 is 0. The number of piperidine rings is 2. The molecule has 1 aromatic carbocycles. The van der Waals surface area contributed by atoms with Crippen LogP contribution in [0.3, 0.4) is 0 Å². The minimum Gasteiger partial charge on any atom is -0.472 e. The van der Waals surface area contributed by atoms with E-state index in [-0.39, 0.29) is 11.7 Å². The van der Waals surface area contributed by atoms with Crippen LogP contribution in [0.4, 0.5) is 4.39 Å². The molecule has 3 heterocycles. The summed E-state index contributed by atoms with van der Waals surface area (Å²) in [5.41, 5.74) is 2.20. The maximum absolute atomic E-state index is 13.1. The maximum Gasteiger partial charge on any atom is 0.223 e. The maximum atomic E-state index is 13.1. The van der Waals surface area contributed by atoms with Gasteiger partial charge in [-0.15, -0.1) is 0 Å². The molecule has 2 atom stereocenters. The summed E-state index contributed by atoms with van der Waals surface area (Å²) in [5, 5.41) is 0. The van der Waals surface area contributed by atoms with Crippen LogP contribution in [0.15, 0.2) is 47.3 Å². The predicted molar refractivity (Wildman–Crippen MR) is 92.1 cm³/mol. The summed E-state index contributed by atoms with van der Waals surface area (Å²) in [7, 11) is 0. The molecule has 0 aliphatic carbocycles. The smallest absolute Gasteiger partial charge is 0.223 e. The topological polar surface area (TPSA) is 36.7 Å². The van der Waals surface area contributed by atoms with Crippen molar-refractivity contribution >= 4 is 5.91 Å². The molecular weight excluding hydrogens is 319 g/mol. The fourth-order valence-electron chi connectivity index (χ4n) is 4.20. The number of amides is 1. The summed E-state index contributed by atoms with van der Waals surface area (Å²) in [4.78, 5) is 17.0. The third-order valence-electron chi connectivity index (χ3n) is 5.48. The highest BCUT2D eigenvalue weighted by molar-refractivity contribution is 5.77. The van der Waals surface area contributed by atoms with Gasteiger partial charge in [-0.3, -0.25) is 9.69 Å². The highest BCUT2D eigenvalue weighted by Crippen LogP contribution is 2.33. The lowest BCUT2D eigenvalue weighted by molar-refractivity contribution is -0.142. The van der Waals surface area contributed by atoms with Gasteiger partial charge in [0.15, 0.2) is 0 Å². The van der Waals surface area contributed by atoms with E-state index >= 15 is 0 Å². The van der Waals surface area contributed by atoms with E-state index in [2.05, 4.69) is 4.90 Å². The molecule has 4 rings (SSSR count). The molecule has 2 saturated heterocycles. The lowest BCUT2D eigenvalue weighted by Gasteiger charge is -2.47. The molecule has 4 nitrogen and oxygen atoms in total. The fraction of sp³-hybridized carbons (Fsp3) is 0.450. The number of hydrogen-bond donors (Lipinski definition) is 0. The van der Waals surface area contributed by atoms with Crippen molar-refractivity contribution in [1.82, 2.24) is 9.80 Å². The van der Waals surface area contributed by atoms with E-state index in [1.165, 1.54) is 17.7 Å².